The van der Waals surface area contributed by atoms with Crippen molar-refractivity contribution in [3.63, 3.8) is 0 Å². The van der Waals surface area contributed by atoms with E-state index in [1.54, 1.807) is 12.1 Å². The summed E-state index contributed by atoms with van der Waals surface area (Å²) in [5, 5.41) is 4.26. The van der Waals surface area contributed by atoms with Gasteiger partial charge in [-0.05, 0) is 30.7 Å². The molecule has 0 aliphatic carbocycles. The third-order valence-corrected chi connectivity index (χ3v) is 8.15. The van der Waals surface area contributed by atoms with Crippen molar-refractivity contribution in [3.05, 3.63) is 59.7 Å². The highest BCUT2D eigenvalue weighted by molar-refractivity contribution is 7.91. The van der Waals surface area contributed by atoms with E-state index < -0.39 is 19.6 Å². The standard InChI is InChI=1S/C22H26N4O3S2/c1-16-7-8-19-18(13-16)20(24-9-11-30(2,23)27)14-22(25-19)26-10-12-31(28,29)21-6-4-3-5-17(21)15-26/h3-8,13-14,23H,9-12,15H2,1-2H3,(H,24,25). The molecule has 0 fully saturated rings. The summed E-state index contributed by atoms with van der Waals surface area (Å²) in [6.45, 7) is 3.21. The lowest BCUT2D eigenvalue weighted by atomic mass is 10.1. The van der Waals surface area contributed by atoms with Crippen LogP contribution in [0.5, 0.6) is 0 Å². The van der Waals surface area contributed by atoms with E-state index in [0.717, 1.165) is 27.7 Å². The summed E-state index contributed by atoms with van der Waals surface area (Å²) in [6, 6.07) is 15.0. The topological polar surface area (TPSA) is 103 Å². The van der Waals surface area contributed by atoms with Gasteiger partial charge in [-0.15, -0.1) is 0 Å². The Morgan fingerprint density at radius 1 is 1.19 bits per heavy atom. The minimum absolute atomic E-state index is 0.0249. The van der Waals surface area contributed by atoms with Gasteiger partial charge in [0.15, 0.2) is 9.84 Å². The van der Waals surface area contributed by atoms with Crippen LogP contribution >= 0.6 is 0 Å². The lowest BCUT2D eigenvalue weighted by Gasteiger charge is -2.23. The summed E-state index contributed by atoms with van der Waals surface area (Å²) in [5.74, 6) is 0.957. The molecule has 0 radical (unpaired) electrons. The first-order valence-electron chi connectivity index (χ1n) is 10.0. The van der Waals surface area contributed by atoms with Crippen LogP contribution in [0.3, 0.4) is 0 Å². The zero-order valence-electron chi connectivity index (χ0n) is 17.6. The zero-order valence-corrected chi connectivity index (χ0v) is 19.2. The predicted molar refractivity (Wildman–Crippen MR) is 126 cm³/mol. The van der Waals surface area contributed by atoms with Gasteiger partial charge in [0.2, 0.25) is 0 Å². The van der Waals surface area contributed by atoms with Crippen molar-refractivity contribution in [2.45, 2.75) is 18.4 Å². The molecule has 0 amide bonds. The number of nitrogens with one attached hydrogen (secondary N) is 2. The molecule has 1 unspecified atom stereocenters. The van der Waals surface area contributed by atoms with Crippen LogP contribution in [0.1, 0.15) is 11.1 Å². The number of nitrogens with zero attached hydrogens (tertiary/aromatic N) is 2. The Bertz CT molecular complexity index is 1350. The first-order valence-corrected chi connectivity index (χ1v) is 13.8. The number of pyridine rings is 1. The van der Waals surface area contributed by atoms with E-state index in [-0.39, 0.29) is 11.5 Å². The maximum Gasteiger partial charge on any atom is 0.180 e. The fraction of sp³-hybridized carbons (Fsp3) is 0.318. The molecule has 0 spiro atoms. The van der Waals surface area contributed by atoms with Gasteiger partial charge < -0.3 is 10.2 Å². The molecule has 31 heavy (non-hydrogen) atoms. The Morgan fingerprint density at radius 2 is 1.97 bits per heavy atom. The molecule has 2 aromatic carbocycles. The lowest BCUT2D eigenvalue weighted by molar-refractivity contribution is 0.596. The summed E-state index contributed by atoms with van der Waals surface area (Å²) in [6.07, 6.45) is 1.43. The highest BCUT2D eigenvalue weighted by atomic mass is 32.2. The van der Waals surface area contributed by atoms with Crippen LogP contribution in [0.25, 0.3) is 10.9 Å². The Hall–Kier alpha value is -2.65. The summed E-state index contributed by atoms with van der Waals surface area (Å²) >= 11 is 0. The fourth-order valence-corrected chi connectivity index (χ4v) is 5.76. The van der Waals surface area contributed by atoms with Gasteiger partial charge in [0.25, 0.3) is 0 Å². The Kier molecular flexibility index (Phi) is 5.65. The molecule has 1 aromatic heterocycles. The first-order chi connectivity index (χ1) is 14.6. The van der Waals surface area contributed by atoms with Gasteiger partial charge in [0.05, 0.1) is 16.2 Å². The second kappa shape index (κ2) is 8.12. The third kappa shape index (κ3) is 4.83. The summed E-state index contributed by atoms with van der Waals surface area (Å²) in [7, 11) is -5.94. The SMILES string of the molecule is Cc1ccc2nc(N3CCS(=O)(=O)c4ccccc4C3)cc(NCCS(C)(=N)=O)c2c1. The van der Waals surface area contributed by atoms with Gasteiger partial charge in [0.1, 0.15) is 5.82 Å². The fourth-order valence-electron chi connectivity index (χ4n) is 3.77. The molecular weight excluding hydrogens is 432 g/mol. The average molecular weight is 459 g/mol. The number of anilines is 2. The molecule has 0 saturated carbocycles. The molecule has 9 heteroatoms. The quantitative estimate of drug-likeness (QED) is 0.607. The van der Waals surface area contributed by atoms with Crippen LogP contribution < -0.4 is 10.2 Å². The molecule has 0 saturated heterocycles. The maximum absolute atomic E-state index is 12.7. The second-order valence-corrected chi connectivity index (χ2v) is 12.5. The van der Waals surface area contributed by atoms with Gasteiger partial charge in [-0.1, -0.05) is 29.8 Å². The molecule has 1 aliphatic rings. The first kappa shape index (κ1) is 21.6. The minimum atomic E-state index is -3.35. The molecule has 1 aliphatic heterocycles. The number of aromatic nitrogens is 1. The molecule has 7 nitrogen and oxygen atoms in total. The van der Waals surface area contributed by atoms with Crippen LogP contribution in [0.4, 0.5) is 11.5 Å². The number of fused-ring (bicyclic) bond motifs is 2. The van der Waals surface area contributed by atoms with Gasteiger partial charge >= 0.3 is 0 Å². The largest absolute Gasteiger partial charge is 0.383 e. The number of sulfone groups is 1. The van der Waals surface area contributed by atoms with Crippen molar-refractivity contribution in [2.24, 2.45) is 0 Å². The van der Waals surface area contributed by atoms with Gasteiger partial charge in [0, 0.05) is 58.5 Å². The van der Waals surface area contributed by atoms with Gasteiger partial charge in [-0.25, -0.2) is 13.4 Å². The molecule has 2 N–H and O–H groups in total. The van der Waals surface area contributed by atoms with Crippen LogP contribution in [-0.4, -0.2) is 48.5 Å². The predicted octanol–water partition coefficient (Wildman–Crippen LogP) is 3.43. The lowest BCUT2D eigenvalue weighted by Crippen LogP contribution is -2.26. The van der Waals surface area contributed by atoms with E-state index >= 15 is 0 Å². The Morgan fingerprint density at radius 3 is 2.74 bits per heavy atom. The third-order valence-electron chi connectivity index (χ3n) is 5.38. The highest BCUT2D eigenvalue weighted by Gasteiger charge is 2.26. The van der Waals surface area contributed by atoms with E-state index in [0.29, 0.717) is 30.3 Å². The molecule has 3 aromatic rings. The van der Waals surface area contributed by atoms with E-state index in [2.05, 4.69) is 5.32 Å². The van der Waals surface area contributed by atoms with Crippen molar-refractivity contribution in [1.29, 1.82) is 4.78 Å². The van der Waals surface area contributed by atoms with Gasteiger partial charge in [-0.3, -0.25) is 8.99 Å². The smallest absolute Gasteiger partial charge is 0.180 e. The maximum atomic E-state index is 12.7. The van der Waals surface area contributed by atoms with E-state index in [9.17, 15) is 12.6 Å². The van der Waals surface area contributed by atoms with Crippen molar-refractivity contribution in [1.82, 2.24) is 4.98 Å². The number of benzene rings is 2. The monoisotopic (exact) mass is 458 g/mol. The highest BCUT2D eigenvalue weighted by Crippen LogP contribution is 2.31. The van der Waals surface area contributed by atoms with Crippen molar-refractivity contribution < 1.29 is 12.6 Å². The second-order valence-electron chi connectivity index (χ2n) is 8.03. The minimum Gasteiger partial charge on any atom is -0.383 e. The number of aryl methyl sites for hydroxylation is 1. The van der Waals surface area contributed by atoms with Crippen LogP contribution in [0.15, 0.2) is 53.4 Å². The van der Waals surface area contributed by atoms with E-state index in [4.69, 9.17) is 9.76 Å². The Balaban J connectivity index is 1.75. The Labute approximate surface area is 183 Å². The zero-order chi connectivity index (χ0) is 22.2. The molecule has 0 bridgehead atoms. The van der Waals surface area contributed by atoms with Crippen LogP contribution in [0.2, 0.25) is 0 Å². The molecule has 2 heterocycles. The van der Waals surface area contributed by atoms with Crippen LogP contribution in [0, 0.1) is 11.7 Å². The van der Waals surface area contributed by atoms with Crippen molar-refractivity contribution in [2.75, 3.05) is 41.1 Å². The van der Waals surface area contributed by atoms with Crippen molar-refractivity contribution in [3.8, 4) is 0 Å². The summed E-state index contributed by atoms with van der Waals surface area (Å²) in [5.41, 5.74) is 3.50. The molecule has 1 atom stereocenters. The normalized spacial score (nSPS) is 17.5. The van der Waals surface area contributed by atoms with Crippen LogP contribution in [-0.2, 0) is 26.1 Å². The van der Waals surface area contributed by atoms with E-state index in [1.807, 2.05) is 48.2 Å². The van der Waals surface area contributed by atoms with Crippen molar-refractivity contribution >= 4 is 42.0 Å². The summed E-state index contributed by atoms with van der Waals surface area (Å²) in [4.78, 5) is 7.19. The molecular formula is C22H26N4O3S2. The summed E-state index contributed by atoms with van der Waals surface area (Å²) < 4.78 is 44.8. The van der Waals surface area contributed by atoms with Gasteiger partial charge in [-0.2, -0.15) is 0 Å². The number of hydrogen-bond acceptors (Lipinski definition) is 7. The molecule has 4 rings (SSSR count). The van der Waals surface area contributed by atoms with E-state index in [1.165, 1.54) is 6.26 Å². The molecule has 164 valence electrons. The number of rotatable bonds is 5. The average Bonchev–Trinajstić information content (AvgIpc) is 2.83. The number of hydrogen-bond donors (Lipinski definition) is 2.